The first-order valence-corrected chi connectivity index (χ1v) is 7.80. The lowest BCUT2D eigenvalue weighted by Crippen LogP contribution is -1.91. The molecule has 0 aliphatic heterocycles. The van der Waals surface area contributed by atoms with E-state index in [1.54, 1.807) is 10.8 Å². The van der Waals surface area contributed by atoms with Crippen LogP contribution in [0.5, 0.6) is 5.88 Å². The predicted molar refractivity (Wildman–Crippen MR) is 93.2 cm³/mol. The van der Waals surface area contributed by atoms with Crippen molar-refractivity contribution in [1.29, 1.82) is 0 Å². The number of nitrogens with zero attached hydrogens (tertiary/aromatic N) is 2. The second-order valence-electron chi connectivity index (χ2n) is 4.16. The molecule has 0 spiro atoms. The van der Waals surface area contributed by atoms with E-state index in [0.717, 1.165) is 10.6 Å². The minimum absolute atomic E-state index is 0.232. The normalized spacial score (nSPS) is 12.0. The molecular formula is C16H16N2OS2. The van der Waals surface area contributed by atoms with Gasteiger partial charge in [0.1, 0.15) is 0 Å². The number of allylic oxidation sites excluding steroid dienone is 3. The lowest BCUT2D eigenvalue weighted by atomic mass is 10.3. The second-order valence-corrected chi connectivity index (χ2v) is 5.83. The second kappa shape index (κ2) is 7.71. The van der Waals surface area contributed by atoms with Crippen molar-refractivity contribution in [2.75, 3.05) is 0 Å². The van der Waals surface area contributed by atoms with Gasteiger partial charge in [0.25, 0.3) is 0 Å². The molecule has 0 atom stereocenters. The highest BCUT2D eigenvalue weighted by atomic mass is 32.1. The summed E-state index contributed by atoms with van der Waals surface area (Å²) >= 11 is 6.58. The van der Waals surface area contributed by atoms with E-state index in [4.69, 9.17) is 12.2 Å². The number of rotatable bonds is 5. The molecule has 0 aliphatic carbocycles. The summed E-state index contributed by atoms with van der Waals surface area (Å²) in [6, 6.07) is 9.74. The largest absolute Gasteiger partial charge is 0.493 e. The summed E-state index contributed by atoms with van der Waals surface area (Å²) in [5.74, 6) is 0.232. The lowest BCUT2D eigenvalue weighted by Gasteiger charge is -1.97. The van der Waals surface area contributed by atoms with Crippen molar-refractivity contribution in [2.24, 2.45) is 4.99 Å². The fourth-order valence-corrected chi connectivity index (χ4v) is 3.05. The summed E-state index contributed by atoms with van der Waals surface area (Å²) in [7, 11) is 0. The van der Waals surface area contributed by atoms with E-state index in [9.17, 15) is 5.11 Å². The van der Waals surface area contributed by atoms with Crippen LogP contribution in [-0.2, 0) is 6.54 Å². The number of hydrogen-bond donors (Lipinski definition) is 1. The quantitative estimate of drug-likeness (QED) is 0.480. The zero-order valence-electron chi connectivity index (χ0n) is 11.6. The van der Waals surface area contributed by atoms with Crippen molar-refractivity contribution < 1.29 is 5.11 Å². The molecule has 0 bridgehead atoms. The Bertz CT molecular complexity index is 724. The molecular weight excluding hydrogens is 300 g/mol. The van der Waals surface area contributed by atoms with Crippen LogP contribution < -0.4 is 0 Å². The van der Waals surface area contributed by atoms with Crippen molar-refractivity contribution in [3.8, 4) is 5.88 Å². The Morgan fingerprint density at radius 3 is 2.67 bits per heavy atom. The molecule has 21 heavy (non-hydrogen) atoms. The van der Waals surface area contributed by atoms with Crippen LogP contribution in [0.4, 0.5) is 5.69 Å². The highest BCUT2D eigenvalue weighted by Gasteiger charge is 2.06. The summed E-state index contributed by atoms with van der Waals surface area (Å²) in [5, 5.41) is 9.97. The number of thiazole rings is 1. The Morgan fingerprint density at radius 1 is 1.24 bits per heavy atom. The Hall–Kier alpha value is -1.98. The van der Waals surface area contributed by atoms with Crippen molar-refractivity contribution in [3.63, 3.8) is 0 Å². The molecule has 1 aromatic carbocycles. The first kappa shape index (κ1) is 15.4. The van der Waals surface area contributed by atoms with Crippen molar-refractivity contribution >= 4 is 41.5 Å². The number of para-hydroxylation sites is 1. The van der Waals surface area contributed by atoms with Crippen LogP contribution >= 0.6 is 23.6 Å². The Balaban J connectivity index is 1.98. The summed E-state index contributed by atoms with van der Waals surface area (Å²) < 4.78 is 2.39. The summed E-state index contributed by atoms with van der Waals surface area (Å²) in [6.07, 6.45) is 9.15. The van der Waals surface area contributed by atoms with Crippen LogP contribution in [0.3, 0.4) is 0 Å². The maximum absolute atomic E-state index is 9.97. The van der Waals surface area contributed by atoms with Gasteiger partial charge in [0.2, 0.25) is 5.88 Å². The third-order valence-electron chi connectivity index (χ3n) is 2.75. The topological polar surface area (TPSA) is 37.5 Å². The van der Waals surface area contributed by atoms with Crippen LogP contribution in [0.1, 0.15) is 11.8 Å². The van der Waals surface area contributed by atoms with E-state index in [1.807, 2.05) is 61.6 Å². The summed E-state index contributed by atoms with van der Waals surface area (Å²) in [5.41, 5.74) is 0.918. The first-order valence-electron chi connectivity index (χ1n) is 6.57. The van der Waals surface area contributed by atoms with E-state index in [0.29, 0.717) is 10.5 Å². The average molecular weight is 316 g/mol. The highest BCUT2D eigenvalue weighted by molar-refractivity contribution is 7.73. The van der Waals surface area contributed by atoms with Gasteiger partial charge in [-0.2, -0.15) is 0 Å². The molecule has 1 N–H and O–H groups in total. The average Bonchev–Trinajstić information content (AvgIpc) is 2.77. The van der Waals surface area contributed by atoms with E-state index >= 15 is 0 Å². The number of hydrogen-bond acceptors (Lipinski definition) is 4. The number of aromatic hydroxyl groups is 1. The molecule has 2 aromatic rings. The SMILES string of the molecule is CCn1c(O)c(/C=C\C=C\C=Nc2ccccc2)sc1=S. The van der Waals surface area contributed by atoms with Gasteiger partial charge >= 0.3 is 0 Å². The number of aromatic nitrogens is 1. The van der Waals surface area contributed by atoms with Gasteiger partial charge in [0, 0.05) is 12.8 Å². The van der Waals surface area contributed by atoms with Crippen LogP contribution in [0.2, 0.25) is 0 Å². The van der Waals surface area contributed by atoms with E-state index in [2.05, 4.69) is 4.99 Å². The molecule has 5 heteroatoms. The number of benzene rings is 1. The van der Waals surface area contributed by atoms with Gasteiger partial charge in [-0.05, 0) is 43.4 Å². The van der Waals surface area contributed by atoms with Crippen molar-refractivity contribution in [2.45, 2.75) is 13.5 Å². The highest BCUT2D eigenvalue weighted by Crippen LogP contribution is 2.27. The third-order valence-corrected chi connectivity index (χ3v) is 4.15. The molecule has 0 amide bonds. The molecule has 2 rings (SSSR count). The Morgan fingerprint density at radius 2 is 2.00 bits per heavy atom. The lowest BCUT2D eigenvalue weighted by molar-refractivity contribution is 0.419. The molecule has 0 aliphatic rings. The maximum Gasteiger partial charge on any atom is 0.210 e. The molecule has 1 heterocycles. The first-order chi connectivity index (χ1) is 10.2. The van der Waals surface area contributed by atoms with Gasteiger partial charge in [-0.25, -0.2) is 0 Å². The van der Waals surface area contributed by atoms with E-state index in [-0.39, 0.29) is 5.88 Å². The van der Waals surface area contributed by atoms with Gasteiger partial charge in [0.05, 0.1) is 10.6 Å². The Kier molecular flexibility index (Phi) is 5.66. The van der Waals surface area contributed by atoms with Gasteiger partial charge < -0.3 is 5.11 Å². The van der Waals surface area contributed by atoms with Crippen molar-refractivity contribution in [3.05, 3.63) is 57.4 Å². The third kappa shape index (κ3) is 4.24. The molecule has 108 valence electrons. The fraction of sp³-hybridized carbons (Fsp3) is 0.125. The monoisotopic (exact) mass is 316 g/mol. The molecule has 3 nitrogen and oxygen atoms in total. The predicted octanol–water partition coefficient (Wildman–Crippen LogP) is 4.98. The molecule has 0 saturated heterocycles. The zero-order chi connectivity index (χ0) is 15.1. The van der Waals surface area contributed by atoms with Crippen LogP contribution in [-0.4, -0.2) is 15.9 Å². The molecule has 0 fully saturated rings. The minimum atomic E-state index is 0.232. The van der Waals surface area contributed by atoms with Crippen LogP contribution in [0, 0.1) is 3.95 Å². The maximum atomic E-state index is 9.97. The molecule has 1 aromatic heterocycles. The number of aliphatic imine (C=N–C) groups is 1. The standard InChI is InChI=1S/C16H16N2OS2/c1-2-18-15(19)14(21-16(18)20)11-7-4-8-12-17-13-9-5-3-6-10-13/h3-12,19H,2H2,1H3/b8-4+,11-7-,17-12?. The molecule has 0 radical (unpaired) electrons. The fourth-order valence-electron chi connectivity index (χ4n) is 1.70. The van der Waals surface area contributed by atoms with Gasteiger partial charge in [-0.1, -0.05) is 30.4 Å². The summed E-state index contributed by atoms with van der Waals surface area (Å²) in [6.45, 7) is 2.63. The smallest absolute Gasteiger partial charge is 0.210 e. The van der Waals surface area contributed by atoms with Gasteiger partial charge in [0.15, 0.2) is 3.95 Å². The van der Waals surface area contributed by atoms with Crippen LogP contribution in [0.25, 0.3) is 6.08 Å². The van der Waals surface area contributed by atoms with Crippen molar-refractivity contribution in [1.82, 2.24) is 4.57 Å². The van der Waals surface area contributed by atoms with E-state index in [1.165, 1.54) is 11.3 Å². The summed E-state index contributed by atoms with van der Waals surface area (Å²) in [4.78, 5) is 5.06. The van der Waals surface area contributed by atoms with E-state index < -0.39 is 0 Å². The van der Waals surface area contributed by atoms with Gasteiger partial charge in [-0.15, -0.1) is 11.3 Å². The molecule has 0 unspecified atom stereocenters. The molecule has 0 saturated carbocycles. The zero-order valence-corrected chi connectivity index (χ0v) is 13.3. The van der Waals surface area contributed by atoms with Gasteiger partial charge in [-0.3, -0.25) is 9.56 Å². The Labute approximate surface area is 133 Å². The minimum Gasteiger partial charge on any atom is -0.493 e. The van der Waals surface area contributed by atoms with Crippen LogP contribution in [0.15, 0.2) is 53.6 Å².